The minimum atomic E-state index is -0.170. The summed E-state index contributed by atoms with van der Waals surface area (Å²) in [6.45, 7) is 1.96. The number of amides is 1. The number of anilines is 1. The molecule has 132 valence electrons. The third-order valence-corrected chi connectivity index (χ3v) is 4.55. The molecule has 1 aliphatic heterocycles. The molecule has 0 aliphatic carbocycles. The van der Waals surface area contributed by atoms with Gasteiger partial charge in [-0.05, 0) is 48.4 Å². The van der Waals surface area contributed by atoms with E-state index in [4.69, 9.17) is 22.6 Å². The van der Waals surface area contributed by atoms with Crippen molar-refractivity contribution in [1.29, 1.82) is 5.26 Å². The highest BCUT2D eigenvalue weighted by atomic mass is 35.5. The summed E-state index contributed by atoms with van der Waals surface area (Å²) in [7, 11) is 0. The lowest BCUT2D eigenvalue weighted by Crippen LogP contribution is -2.36. The van der Waals surface area contributed by atoms with E-state index in [0.717, 1.165) is 12.1 Å². The fraction of sp³-hybridized carbons (Fsp3) is 0.200. The van der Waals surface area contributed by atoms with Crippen LogP contribution in [0.5, 0.6) is 0 Å². The molecule has 0 saturated carbocycles. The summed E-state index contributed by atoms with van der Waals surface area (Å²) in [6.07, 6.45) is 0.587. The highest BCUT2D eigenvalue weighted by Gasteiger charge is 2.22. The lowest BCUT2D eigenvalue weighted by molar-refractivity contribution is -0.113. The summed E-state index contributed by atoms with van der Waals surface area (Å²) in [5.41, 5.74) is 9.77. The maximum atomic E-state index is 12.5. The summed E-state index contributed by atoms with van der Waals surface area (Å²) in [4.78, 5) is 14.6. The first-order valence-electron chi connectivity index (χ1n) is 8.31. The van der Waals surface area contributed by atoms with E-state index in [2.05, 4.69) is 16.3 Å². The molecule has 5 nitrogen and oxygen atoms in total. The Hall–Kier alpha value is -2.81. The molecule has 0 bridgehead atoms. The second-order valence-corrected chi connectivity index (χ2v) is 6.67. The third-order valence-electron chi connectivity index (χ3n) is 4.30. The van der Waals surface area contributed by atoms with Crippen LogP contribution in [0.4, 0.5) is 5.69 Å². The molecule has 1 aliphatic rings. The molecule has 3 rings (SSSR count). The predicted molar refractivity (Wildman–Crippen MR) is 102 cm³/mol. The molecule has 6 heteroatoms. The van der Waals surface area contributed by atoms with Crippen molar-refractivity contribution in [2.45, 2.75) is 13.0 Å². The predicted octanol–water partition coefficient (Wildman–Crippen LogP) is 3.27. The van der Waals surface area contributed by atoms with E-state index < -0.39 is 0 Å². The third kappa shape index (κ3) is 4.42. The second kappa shape index (κ2) is 8.05. The van der Waals surface area contributed by atoms with Crippen LogP contribution >= 0.6 is 11.6 Å². The molecule has 2 aromatic rings. The van der Waals surface area contributed by atoms with Crippen molar-refractivity contribution in [2.75, 3.05) is 18.4 Å². The van der Waals surface area contributed by atoms with Crippen LogP contribution in [0.25, 0.3) is 0 Å². The van der Waals surface area contributed by atoms with Gasteiger partial charge in [0.05, 0.1) is 11.6 Å². The van der Waals surface area contributed by atoms with E-state index in [9.17, 15) is 4.79 Å². The molecular formula is C20H19ClN4O. The Labute approximate surface area is 157 Å². The van der Waals surface area contributed by atoms with Crippen LogP contribution in [0.1, 0.15) is 17.5 Å². The minimum Gasteiger partial charge on any atom is -0.401 e. The van der Waals surface area contributed by atoms with E-state index in [1.165, 1.54) is 0 Å². The van der Waals surface area contributed by atoms with Crippen LogP contribution in [-0.4, -0.2) is 23.9 Å². The smallest absolute Gasteiger partial charge is 0.253 e. The fourth-order valence-corrected chi connectivity index (χ4v) is 3.10. The first-order chi connectivity index (χ1) is 12.5. The fourth-order valence-electron chi connectivity index (χ4n) is 2.98. The summed E-state index contributed by atoms with van der Waals surface area (Å²) in [6, 6.07) is 16.7. The standard InChI is InChI=1S/C20H19ClN4O/c21-16-4-6-17(7-5-16)24-20(26)18-8-9-25(13-19(18)23)12-15-3-1-2-14(10-15)11-22/h1-7,10H,8-9,12-13,23H2,(H,24,26). The molecule has 3 N–H and O–H groups in total. The van der Waals surface area contributed by atoms with Gasteiger partial charge in [0.15, 0.2) is 0 Å². The van der Waals surface area contributed by atoms with Crippen LogP contribution in [0.3, 0.4) is 0 Å². The van der Waals surface area contributed by atoms with Crippen molar-refractivity contribution in [1.82, 2.24) is 4.90 Å². The van der Waals surface area contributed by atoms with Crippen molar-refractivity contribution >= 4 is 23.2 Å². The number of benzene rings is 2. The average Bonchev–Trinajstić information content (AvgIpc) is 2.64. The number of nitrogens with two attached hydrogens (primary N) is 1. The van der Waals surface area contributed by atoms with Gasteiger partial charge in [-0.3, -0.25) is 9.69 Å². The zero-order valence-corrected chi connectivity index (χ0v) is 15.0. The molecule has 0 radical (unpaired) electrons. The Kier molecular flexibility index (Phi) is 5.57. The Morgan fingerprint density at radius 2 is 2.04 bits per heavy atom. The zero-order chi connectivity index (χ0) is 18.5. The van der Waals surface area contributed by atoms with Crippen molar-refractivity contribution in [3.05, 3.63) is 76.0 Å². The van der Waals surface area contributed by atoms with E-state index in [1.54, 1.807) is 30.3 Å². The lowest BCUT2D eigenvalue weighted by atomic mass is 10.0. The number of hydrogen-bond acceptors (Lipinski definition) is 4. The van der Waals surface area contributed by atoms with Gasteiger partial charge < -0.3 is 11.1 Å². The van der Waals surface area contributed by atoms with Crippen LogP contribution in [-0.2, 0) is 11.3 Å². The largest absolute Gasteiger partial charge is 0.401 e. The number of halogens is 1. The van der Waals surface area contributed by atoms with Gasteiger partial charge in [0.2, 0.25) is 0 Å². The highest BCUT2D eigenvalue weighted by Crippen LogP contribution is 2.20. The zero-order valence-electron chi connectivity index (χ0n) is 14.2. The number of nitrogens with zero attached hydrogens (tertiary/aromatic N) is 2. The van der Waals surface area contributed by atoms with Crippen molar-refractivity contribution < 1.29 is 4.79 Å². The second-order valence-electron chi connectivity index (χ2n) is 6.24. The van der Waals surface area contributed by atoms with Crippen LogP contribution in [0, 0.1) is 11.3 Å². The van der Waals surface area contributed by atoms with Crippen LogP contribution in [0.15, 0.2) is 59.8 Å². The Balaban J connectivity index is 1.64. The van der Waals surface area contributed by atoms with Crippen molar-refractivity contribution in [3.63, 3.8) is 0 Å². The summed E-state index contributed by atoms with van der Waals surface area (Å²) >= 11 is 5.86. The maximum absolute atomic E-state index is 12.5. The van der Waals surface area contributed by atoms with Gasteiger partial charge in [-0.2, -0.15) is 5.26 Å². The molecule has 1 amide bonds. The quantitative estimate of drug-likeness (QED) is 0.870. The van der Waals surface area contributed by atoms with Crippen LogP contribution in [0.2, 0.25) is 5.02 Å². The Morgan fingerprint density at radius 1 is 1.27 bits per heavy atom. The number of nitrogens with one attached hydrogen (secondary N) is 1. The number of carbonyl (C=O) groups is 1. The van der Waals surface area contributed by atoms with Crippen LogP contribution < -0.4 is 11.1 Å². The van der Waals surface area contributed by atoms with E-state index in [-0.39, 0.29) is 5.91 Å². The van der Waals surface area contributed by atoms with Gasteiger partial charge in [0.25, 0.3) is 5.91 Å². The summed E-state index contributed by atoms with van der Waals surface area (Å²) in [5.74, 6) is -0.170. The number of rotatable bonds is 4. The maximum Gasteiger partial charge on any atom is 0.253 e. The Morgan fingerprint density at radius 3 is 2.73 bits per heavy atom. The van der Waals surface area contributed by atoms with Gasteiger partial charge in [-0.15, -0.1) is 0 Å². The minimum absolute atomic E-state index is 0.170. The first-order valence-corrected chi connectivity index (χ1v) is 8.69. The molecular weight excluding hydrogens is 348 g/mol. The summed E-state index contributed by atoms with van der Waals surface area (Å²) in [5, 5.41) is 12.5. The van der Waals surface area contributed by atoms with E-state index >= 15 is 0 Å². The molecule has 0 spiro atoms. The number of carbonyl (C=O) groups excluding carboxylic acids is 1. The Bertz CT molecular complexity index is 883. The summed E-state index contributed by atoms with van der Waals surface area (Å²) < 4.78 is 0. The molecule has 0 fully saturated rings. The normalized spacial score (nSPS) is 14.8. The monoisotopic (exact) mass is 366 g/mol. The van der Waals surface area contributed by atoms with E-state index in [1.807, 2.05) is 18.2 Å². The van der Waals surface area contributed by atoms with E-state index in [0.29, 0.717) is 47.1 Å². The number of nitriles is 1. The van der Waals surface area contributed by atoms with Gasteiger partial charge in [0, 0.05) is 41.6 Å². The first kappa shape index (κ1) is 18.0. The number of hydrogen-bond donors (Lipinski definition) is 2. The molecule has 0 unspecified atom stereocenters. The lowest BCUT2D eigenvalue weighted by Gasteiger charge is -2.28. The van der Waals surface area contributed by atoms with Gasteiger partial charge in [-0.1, -0.05) is 23.7 Å². The van der Waals surface area contributed by atoms with Gasteiger partial charge in [0.1, 0.15) is 0 Å². The highest BCUT2D eigenvalue weighted by molar-refractivity contribution is 6.30. The van der Waals surface area contributed by atoms with Gasteiger partial charge in [-0.25, -0.2) is 0 Å². The molecule has 0 atom stereocenters. The SMILES string of the molecule is N#Cc1cccc(CN2CCC(C(=O)Nc3ccc(Cl)cc3)=C(N)C2)c1. The average molecular weight is 367 g/mol. The van der Waals surface area contributed by atoms with Crippen molar-refractivity contribution in [3.8, 4) is 6.07 Å². The molecule has 2 aromatic carbocycles. The molecule has 26 heavy (non-hydrogen) atoms. The van der Waals surface area contributed by atoms with Gasteiger partial charge >= 0.3 is 0 Å². The molecule has 1 heterocycles. The topological polar surface area (TPSA) is 82.2 Å². The molecule has 0 saturated heterocycles. The van der Waals surface area contributed by atoms with Crippen molar-refractivity contribution in [2.24, 2.45) is 5.73 Å². The molecule has 0 aromatic heterocycles.